The molecule has 0 atom stereocenters. The van der Waals surface area contributed by atoms with Crippen LogP contribution in [-0.4, -0.2) is 17.1 Å². The van der Waals surface area contributed by atoms with Gasteiger partial charge in [0.1, 0.15) is 0 Å². The van der Waals surface area contributed by atoms with Gasteiger partial charge in [0, 0.05) is 46.3 Å². The van der Waals surface area contributed by atoms with Gasteiger partial charge in [-0.3, -0.25) is 15.0 Å². The Balaban J connectivity index is 1.57. The van der Waals surface area contributed by atoms with Gasteiger partial charge in [-0.1, -0.05) is 6.08 Å². The van der Waals surface area contributed by atoms with Gasteiger partial charge in [0.05, 0.1) is 5.70 Å². The molecule has 8 bridgehead atoms. The number of rotatable bonds is 0. The maximum absolute atomic E-state index is 4.79. The van der Waals surface area contributed by atoms with Gasteiger partial charge < -0.3 is 5.32 Å². The third kappa shape index (κ3) is 2.73. The van der Waals surface area contributed by atoms with Crippen molar-refractivity contribution in [3.05, 3.63) is 58.9 Å². The van der Waals surface area contributed by atoms with E-state index in [-0.39, 0.29) is 0 Å². The number of fused-ring (bicyclic) bond motifs is 5. The van der Waals surface area contributed by atoms with Crippen molar-refractivity contribution in [2.75, 3.05) is 0 Å². The zero-order valence-electron chi connectivity index (χ0n) is 13.7. The number of allylic oxidation sites excluding steroid dienone is 9. The summed E-state index contributed by atoms with van der Waals surface area (Å²) in [5.41, 5.74) is 9.39. The van der Waals surface area contributed by atoms with Crippen molar-refractivity contribution in [3.63, 3.8) is 0 Å². The Morgan fingerprint density at radius 3 is 2.00 bits per heavy atom. The van der Waals surface area contributed by atoms with Crippen LogP contribution >= 0.6 is 0 Å². The average Bonchev–Trinajstić information content (AvgIpc) is 3.32. The number of hydrogen-bond acceptors (Lipinski definition) is 4. The second kappa shape index (κ2) is 5.55. The van der Waals surface area contributed by atoms with E-state index in [0.717, 1.165) is 67.7 Å². The summed E-state index contributed by atoms with van der Waals surface area (Å²) in [6.07, 6.45) is 18.1. The molecule has 5 rings (SSSR count). The first kappa shape index (κ1) is 13.9. The Hall–Kier alpha value is -2.49. The van der Waals surface area contributed by atoms with E-state index in [2.05, 4.69) is 35.7 Å². The molecule has 24 heavy (non-hydrogen) atoms. The number of nitrogens with one attached hydrogen (secondary N) is 1. The smallest absolute Gasteiger partial charge is 0.0615 e. The van der Waals surface area contributed by atoms with Crippen LogP contribution in [0.3, 0.4) is 0 Å². The minimum atomic E-state index is 0.900. The van der Waals surface area contributed by atoms with Crippen LogP contribution < -0.4 is 5.32 Å². The van der Waals surface area contributed by atoms with Crippen LogP contribution in [-0.2, 0) is 0 Å². The van der Waals surface area contributed by atoms with Gasteiger partial charge in [-0.05, 0) is 62.8 Å². The van der Waals surface area contributed by atoms with Crippen molar-refractivity contribution in [1.29, 1.82) is 0 Å². The van der Waals surface area contributed by atoms with Gasteiger partial charge in [-0.15, -0.1) is 0 Å². The molecule has 0 aliphatic carbocycles. The standard InChI is InChI=1S/C20H20N4/c1-2-14-10-16-5-6-18(23-16)12-20-8-7-19(24-20)11-17-4-3-15(22-17)9-13(1)21-14/h1,9-12,24H,2-8H2/b15-9-,16-10-,19-11-,20-12-. The maximum atomic E-state index is 4.79. The Kier molecular flexibility index (Phi) is 3.21. The maximum Gasteiger partial charge on any atom is 0.0615 e. The summed E-state index contributed by atoms with van der Waals surface area (Å²) < 4.78 is 0. The molecule has 0 radical (unpaired) electrons. The van der Waals surface area contributed by atoms with E-state index in [9.17, 15) is 0 Å². The summed E-state index contributed by atoms with van der Waals surface area (Å²) >= 11 is 0. The molecule has 120 valence electrons. The normalized spacial score (nSPS) is 33.7. The number of nitrogens with zero attached hydrogens (tertiary/aromatic N) is 3. The monoisotopic (exact) mass is 316 g/mol. The molecule has 1 fully saturated rings. The van der Waals surface area contributed by atoms with Crippen molar-refractivity contribution < 1.29 is 0 Å². The number of aliphatic imine (C=N–C) groups is 3. The van der Waals surface area contributed by atoms with E-state index in [1.807, 2.05) is 0 Å². The molecule has 0 aromatic carbocycles. The predicted octanol–water partition coefficient (Wildman–Crippen LogP) is 4.12. The molecule has 0 unspecified atom stereocenters. The predicted molar refractivity (Wildman–Crippen MR) is 98.2 cm³/mol. The van der Waals surface area contributed by atoms with Crippen LogP contribution in [0.15, 0.2) is 73.8 Å². The fraction of sp³-hybridized carbons (Fsp3) is 0.350. The van der Waals surface area contributed by atoms with Crippen LogP contribution in [0.5, 0.6) is 0 Å². The van der Waals surface area contributed by atoms with Gasteiger partial charge in [-0.25, -0.2) is 0 Å². The number of hydrogen-bond donors (Lipinski definition) is 1. The highest BCUT2D eigenvalue weighted by Crippen LogP contribution is 2.27. The summed E-state index contributed by atoms with van der Waals surface area (Å²) in [4.78, 5) is 14.3. The molecule has 4 nitrogen and oxygen atoms in total. The lowest BCUT2D eigenvalue weighted by Crippen LogP contribution is -2.06. The van der Waals surface area contributed by atoms with Gasteiger partial charge >= 0.3 is 0 Å². The van der Waals surface area contributed by atoms with E-state index in [1.54, 1.807) is 0 Å². The third-order valence-electron chi connectivity index (χ3n) is 4.96. The highest BCUT2D eigenvalue weighted by molar-refractivity contribution is 6.02. The fourth-order valence-electron chi connectivity index (χ4n) is 3.75. The molecule has 1 N–H and O–H groups in total. The van der Waals surface area contributed by atoms with E-state index in [0.29, 0.717) is 0 Å². The van der Waals surface area contributed by atoms with E-state index in [4.69, 9.17) is 15.0 Å². The van der Waals surface area contributed by atoms with E-state index in [1.165, 1.54) is 22.8 Å². The fourth-order valence-corrected chi connectivity index (χ4v) is 3.75. The third-order valence-corrected chi connectivity index (χ3v) is 4.96. The minimum absolute atomic E-state index is 0.900. The topological polar surface area (TPSA) is 49.1 Å². The quantitative estimate of drug-likeness (QED) is 0.718. The lowest BCUT2D eigenvalue weighted by atomic mass is 10.1. The molecule has 5 aliphatic heterocycles. The average molecular weight is 316 g/mol. The Morgan fingerprint density at radius 2 is 1.29 bits per heavy atom. The lowest BCUT2D eigenvalue weighted by Gasteiger charge is -2.00. The van der Waals surface area contributed by atoms with Crippen molar-refractivity contribution >= 4 is 17.1 Å². The zero-order valence-corrected chi connectivity index (χ0v) is 13.7. The van der Waals surface area contributed by atoms with Crippen molar-refractivity contribution in [2.24, 2.45) is 15.0 Å². The van der Waals surface area contributed by atoms with E-state index < -0.39 is 0 Å². The molecule has 0 saturated carbocycles. The van der Waals surface area contributed by atoms with E-state index >= 15 is 0 Å². The van der Waals surface area contributed by atoms with Crippen LogP contribution in [0, 0.1) is 0 Å². The van der Waals surface area contributed by atoms with Gasteiger partial charge in [0.15, 0.2) is 0 Å². The first-order chi connectivity index (χ1) is 11.8. The molecule has 5 aliphatic rings. The highest BCUT2D eigenvalue weighted by Gasteiger charge is 2.18. The highest BCUT2D eigenvalue weighted by atomic mass is 14.9. The van der Waals surface area contributed by atoms with Crippen molar-refractivity contribution in [1.82, 2.24) is 5.32 Å². The second-order valence-electron chi connectivity index (χ2n) is 6.88. The molecule has 4 heteroatoms. The summed E-state index contributed by atoms with van der Waals surface area (Å²) in [5.74, 6) is 0. The molecule has 5 heterocycles. The molecule has 0 amide bonds. The summed E-state index contributed by atoms with van der Waals surface area (Å²) in [7, 11) is 0. The summed E-state index contributed by atoms with van der Waals surface area (Å²) in [6, 6.07) is 0. The van der Waals surface area contributed by atoms with Crippen LogP contribution in [0.25, 0.3) is 0 Å². The van der Waals surface area contributed by atoms with Gasteiger partial charge in [0.2, 0.25) is 0 Å². The van der Waals surface area contributed by atoms with Gasteiger partial charge in [0.25, 0.3) is 0 Å². The lowest BCUT2D eigenvalue weighted by molar-refractivity contribution is 1.05. The van der Waals surface area contributed by atoms with Crippen LogP contribution in [0.1, 0.15) is 44.9 Å². The molecule has 0 spiro atoms. The Bertz CT molecular complexity index is 856. The van der Waals surface area contributed by atoms with Gasteiger partial charge in [-0.2, -0.15) is 0 Å². The molecular formula is C20H20N4. The Morgan fingerprint density at radius 1 is 0.625 bits per heavy atom. The molecule has 1 saturated heterocycles. The zero-order chi connectivity index (χ0) is 15.9. The van der Waals surface area contributed by atoms with Crippen LogP contribution in [0.4, 0.5) is 0 Å². The molecular weight excluding hydrogens is 296 g/mol. The summed E-state index contributed by atoms with van der Waals surface area (Å²) in [5, 5.41) is 3.55. The van der Waals surface area contributed by atoms with Crippen LogP contribution in [0.2, 0.25) is 0 Å². The van der Waals surface area contributed by atoms with Crippen molar-refractivity contribution in [2.45, 2.75) is 44.9 Å². The molecule has 0 aromatic rings. The largest absolute Gasteiger partial charge is 0.362 e. The first-order valence-electron chi connectivity index (χ1n) is 8.82. The van der Waals surface area contributed by atoms with Crippen molar-refractivity contribution in [3.8, 4) is 0 Å². The first-order valence-corrected chi connectivity index (χ1v) is 8.82. The second-order valence-corrected chi connectivity index (χ2v) is 6.88. The summed E-state index contributed by atoms with van der Waals surface area (Å²) in [6.45, 7) is 0. The Labute approximate surface area is 141 Å². The minimum Gasteiger partial charge on any atom is -0.362 e. The molecule has 0 aromatic heterocycles. The SMILES string of the molecule is C1=C2/C=C3/CCC(=N3)/C=C3/CC/C(=C/C4=NC(=C\C(=N2)C1)/CC4)N3.